The number of aromatic nitrogens is 2. The zero-order valence-corrected chi connectivity index (χ0v) is 13.2. The molecule has 0 aliphatic heterocycles. The van der Waals surface area contributed by atoms with Gasteiger partial charge in [-0.25, -0.2) is 9.97 Å². The van der Waals surface area contributed by atoms with E-state index in [1.54, 1.807) is 66.7 Å². The minimum atomic E-state index is -0.431. The smallest absolute Gasteiger partial charge is 0.256 e. The van der Waals surface area contributed by atoms with Crippen molar-refractivity contribution in [2.75, 3.05) is 0 Å². The maximum Gasteiger partial charge on any atom is 0.256 e. The first-order chi connectivity index (χ1) is 12.2. The molecule has 1 amide bonds. The fourth-order valence-electron chi connectivity index (χ4n) is 2.08. The van der Waals surface area contributed by atoms with Crippen LogP contribution in [0.15, 0.2) is 84.1 Å². The Morgan fingerprint density at radius 3 is 1.92 bits per heavy atom. The van der Waals surface area contributed by atoms with Crippen LogP contribution in [0.5, 0.6) is 0 Å². The van der Waals surface area contributed by atoms with Crippen molar-refractivity contribution in [2.45, 2.75) is 0 Å². The van der Waals surface area contributed by atoms with Crippen molar-refractivity contribution in [3.63, 3.8) is 0 Å². The number of carbonyl (C=O) groups excluding carboxylic acids is 2. The van der Waals surface area contributed by atoms with E-state index in [0.717, 1.165) is 0 Å². The number of rotatable bonds is 4. The maximum absolute atomic E-state index is 12.7. The van der Waals surface area contributed by atoms with Gasteiger partial charge in [-0.2, -0.15) is 4.99 Å². The van der Waals surface area contributed by atoms with Gasteiger partial charge in [0.25, 0.3) is 11.9 Å². The lowest BCUT2D eigenvalue weighted by Gasteiger charge is -2.08. The average Bonchev–Trinajstić information content (AvgIpc) is 2.69. The van der Waals surface area contributed by atoms with E-state index in [4.69, 9.17) is 0 Å². The van der Waals surface area contributed by atoms with E-state index in [0.29, 0.717) is 11.1 Å². The Bertz CT molecular complexity index is 894. The molecule has 3 aromatic rings. The Morgan fingerprint density at radius 2 is 1.32 bits per heavy atom. The molecule has 1 aromatic heterocycles. The molecule has 0 radical (unpaired) electrons. The third-order valence-corrected chi connectivity index (χ3v) is 3.28. The molecule has 0 bridgehead atoms. The van der Waals surface area contributed by atoms with E-state index in [9.17, 15) is 9.59 Å². The van der Waals surface area contributed by atoms with Gasteiger partial charge in [-0.1, -0.05) is 48.5 Å². The monoisotopic (exact) mass is 330 g/mol. The van der Waals surface area contributed by atoms with Crippen molar-refractivity contribution in [3.05, 3.63) is 90.3 Å². The van der Waals surface area contributed by atoms with Gasteiger partial charge in [0, 0.05) is 23.5 Å². The van der Waals surface area contributed by atoms with Crippen LogP contribution in [0.3, 0.4) is 0 Å². The number of carbonyl (C=O) groups is 2. The molecular formula is C19H14N4O2. The number of nitrogens with zero attached hydrogens (tertiary/aromatic N) is 3. The molecule has 1 N–H and O–H groups in total. The summed E-state index contributed by atoms with van der Waals surface area (Å²) in [6.45, 7) is 0. The molecule has 2 aromatic carbocycles. The lowest BCUT2D eigenvalue weighted by molar-refractivity contribution is 0.0961. The molecule has 0 aliphatic carbocycles. The van der Waals surface area contributed by atoms with Gasteiger partial charge in [0.2, 0.25) is 5.78 Å². The minimum absolute atomic E-state index is 0.0927. The standard InChI is InChI=1S/C19H14N4O2/c24-16(14-8-3-1-4-9-14)17(23-19-20-12-7-13-21-19)22-18(25)15-10-5-2-6-11-15/h1-13H,(H,20,21,22,23,25). The molecule has 3 rings (SSSR count). The topological polar surface area (TPSA) is 84.3 Å². The molecule has 0 saturated heterocycles. The molecule has 0 unspecified atom stereocenters. The normalized spacial score (nSPS) is 11.0. The highest BCUT2D eigenvalue weighted by Gasteiger charge is 2.18. The van der Waals surface area contributed by atoms with Crippen molar-refractivity contribution in [3.8, 4) is 0 Å². The lowest BCUT2D eigenvalue weighted by Crippen LogP contribution is -2.36. The Morgan fingerprint density at radius 1 is 0.760 bits per heavy atom. The molecule has 6 nitrogen and oxygen atoms in total. The van der Waals surface area contributed by atoms with Crippen LogP contribution in [0.1, 0.15) is 20.7 Å². The summed E-state index contributed by atoms with van der Waals surface area (Å²) in [5.41, 5.74) is 0.829. The van der Waals surface area contributed by atoms with Crippen LogP contribution < -0.4 is 5.32 Å². The van der Waals surface area contributed by atoms with Crippen molar-refractivity contribution in [2.24, 2.45) is 4.99 Å². The lowest BCUT2D eigenvalue weighted by atomic mass is 10.1. The van der Waals surface area contributed by atoms with Crippen LogP contribution >= 0.6 is 0 Å². The van der Waals surface area contributed by atoms with Gasteiger partial charge in [-0.05, 0) is 18.2 Å². The summed E-state index contributed by atoms with van der Waals surface area (Å²) in [5, 5.41) is 2.56. The fourth-order valence-corrected chi connectivity index (χ4v) is 2.08. The van der Waals surface area contributed by atoms with Gasteiger partial charge in [0.1, 0.15) is 0 Å². The largest absolute Gasteiger partial charge is 0.303 e. The van der Waals surface area contributed by atoms with Gasteiger partial charge in [-0.3, -0.25) is 9.59 Å². The number of nitrogens with one attached hydrogen (secondary N) is 1. The van der Waals surface area contributed by atoms with Gasteiger partial charge >= 0.3 is 0 Å². The van der Waals surface area contributed by atoms with Crippen molar-refractivity contribution < 1.29 is 9.59 Å². The van der Waals surface area contributed by atoms with Crippen LogP contribution in [0, 0.1) is 0 Å². The quantitative estimate of drug-likeness (QED) is 0.453. The number of amides is 1. The SMILES string of the molecule is O=C(N/C(=N/c1ncccn1)C(=O)c1ccccc1)c1ccccc1. The van der Waals surface area contributed by atoms with E-state index in [1.165, 1.54) is 12.4 Å². The Kier molecular flexibility index (Phi) is 5.01. The first kappa shape index (κ1) is 16.2. The maximum atomic E-state index is 12.7. The van der Waals surface area contributed by atoms with E-state index >= 15 is 0 Å². The molecule has 1 heterocycles. The number of benzene rings is 2. The van der Waals surface area contributed by atoms with Gasteiger partial charge < -0.3 is 5.32 Å². The van der Waals surface area contributed by atoms with Crippen LogP contribution in [0.2, 0.25) is 0 Å². The molecule has 6 heteroatoms. The number of amidine groups is 1. The molecule has 0 aliphatic rings. The minimum Gasteiger partial charge on any atom is -0.303 e. The third kappa shape index (κ3) is 4.20. The van der Waals surface area contributed by atoms with Crippen LogP contribution in [-0.4, -0.2) is 27.5 Å². The molecular weight excluding hydrogens is 316 g/mol. The highest BCUT2D eigenvalue weighted by Crippen LogP contribution is 2.07. The van der Waals surface area contributed by atoms with E-state index in [1.807, 2.05) is 0 Å². The van der Waals surface area contributed by atoms with Gasteiger partial charge in [0.15, 0.2) is 5.84 Å². The van der Waals surface area contributed by atoms with Crippen LogP contribution in [0.4, 0.5) is 5.95 Å². The van der Waals surface area contributed by atoms with E-state index in [-0.39, 0.29) is 11.8 Å². The second-order valence-corrected chi connectivity index (χ2v) is 5.02. The van der Waals surface area contributed by atoms with Crippen molar-refractivity contribution >= 4 is 23.5 Å². The molecule has 122 valence electrons. The summed E-state index contributed by atoms with van der Waals surface area (Å²) in [4.78, 5) is 37.2. The molecule has 0 fully saturated rings. The molecule has 25 heavy (non-hydrogen) atoms. The van der Waals surface area contributed by atoms with E-state index < -0.39 is 11.7 Å². The second kappa shape index (κ2) is 7.74. The van der Waals surface area contributed by atoms with Gasteiger partial charge in [0.05, 0.1) is 0 Å². The number of hydrogen-bond donors (Lipinski definition) is 1. The Balaban J connectivity index is 1.93. The summed E-state index contributed by atoms with van der Waals surface area (Å²) in [6.07, 6.45) is 3.02. The summed E-state index contributed by atoms with van der Waals surface area (Å²) in [6, 6.07) is 18.8. The zero-order chi connectivity index (χ0) is 17.5. The number of ketones is 1. The van der Waals surface area contributed by atoms with Crippen molar-refractivity contribution in [1.29, 1.82) is 0 Å². The number of hydrogen-bond acceptors (Lipinski definition) is 5. The molecule has 0 saturated carbocycles. The highest BCUT2D eigenvalue weighted by molar-refractivity contribution is 6.47. The highest BCUT2D eigenvalue weighted by atomic mass is 16.2. The first-order valence-corrected chi connectivity index (χ1v) is 7.56. The Labute approximate surface area is 144 Å². The predicted octanol–water partition coefficient (Wildman–Crippen LogP) is 2.82. The van der Waals surface area contributed by atoms with Gasteiger partial charge in [-0.15, -0.1) is 0 Å². The second-order valence-electron chi connectivity index (χ2n) is 5.02. The van der Waals surface area contributed by atoms with E-state index in [2.05, 4.69) is 20.3 Å². The van der Waals surface area contributed by atoms with Crippen molar-refractivity contribution in [1.82, 2.24) is 15.3 Å². The first-order valence-electron chi connectivity index (χ1n) is 7.56. The summed E-state index contributed by atoms with van der Waals surface area (Å²) in [5.74, 6) is -0.890. The summed E-state index contributed by atoms with van der Waals surface area (Å²) in [7, 11) is 0. The fraction of sp³-hybridized carbons (Fsp3) is 0. The van der Waals surface area contributed by atoms with Crippen LogP contribution in [-0.2, 0) is 0 Å². The average molecular weight is 330 g/mol. The zero-order valence-electron chi connectivity index (χ0n) is 13.2. The van der Waals surface area contributed by atoms with Crippen LogP contribution in [0.25, 0.3) is 0 Å². The summed E-state index contributed by atoms with van der Waals surface area (Å²) >= 11 is 0. The molecule has 0 atom stereocenters. The predicted molar refractivity (Wildman–Crippen MR) is 93.8 cm³/mol. The third-order valence-electron chi connectivity index (χ3n) is 3.28. The Hall–Kier alpha value is -3.67. The number of Topliss-reactive ketones (excluding diaryl/α,β-unsaturated/α-hetero) is 1. The number of aliphatic imine (C=N–C) groups is 1. The summed E-state index contributed by atoms with van der Waals surface area (Å²) < 4.78 is 0. The molecule has 0 spiro atoms.